The molecule has 4 aromatic rings. The van der Waals surface area contributed by atoms with Gasteiger partial charge in [-0.3, -0.25) is 0 Å². The summed E-state index contributed by atoms with van der Waals surface area (Å²) in [6.45, 7) is 5.55. The molecule has 0 aliphatic rings. The zero-order valence-corrected chi connectivity index (χ0v) is 23.7. The van der Waals surface area contributed by atoms with Crippen molar-refractivity contribution in [2.75, 3.05) is 20.7 Å². The molecular formula is C34H41NOS. The number of nitrogens with zero attached hydrogens (tertiary/aromatic N) is 1. The van der Waals surface area contributed by atoms with Crippen molar-refractivity contribution in [3.63, 3.8) is 0 Å². The second-order valence-corrected chi connectivity index (χ2v) is 11.1. The average molecular weight is 512 g/mol. The lowest BCUT2D eigenvalue weighted by Gasteiger charge is -2.13. The van der Waals surface area contributed by atoms with Crippen LogP contribution in [0.4, 0.5) is 0 Å². The molecule has 194 valence electrons. The zero-order valence-electron chi connectivity index (χ0n) is 22.9. The molecule has 0 N–H and O–H groups in total. The molecule has 2 nitrogen and oxygen atoms in total. The van der Waals surface area contributed by atoms with Gasteiger partial charge in [-0.2, -0.15) is 0 Å². The van der Waals surface area contributed by atoms with E-state index in [1.807, 2.05) is 0 Å². The summed E-state index contributed by atoms with van der Waals surface area (Å²) < 4.78 is 7.23. The van der Waals surface area contributed by atoms with Crippen molar-refractivity contribution < 1.29 is 4.18 Å². The van der Waals surface area contributed by atoms with Crippen LogP contribution in [0.15, 0.2) is 78.9 Å². The van der Waals surface area contributed by atoms with Crippen molar-refractivity contribution in [1.29, 1.82) is 0 Å². The number of hydrogen-bond acceptors (Lipinski definition) is 3. The van der Waals surface area contributed by atoms with Crippen molar-refractivity contribution >= 4 is 23.0 Å². The van der Waals surface area contributed by atoms with Gasteiger partial charge in [-0.05, 0) is 101 Å². The normalized spacial score (nSPS) is 11.5. The Hall–Kier alpha value is -2.59. The molecular weight excluding hydrogens is 470 g/mol. The highest BCUT2D eigenvalue weighted by Crippen LogP contribution is 2.31. The molecule has 0 saturated carbocycles. The summed E-state index contributed by atoms with van der Waals surface area (Å²) in [5.41, 5.74) is 9.54. The van der Waals surface area contributed by atoms with Gasteiger partial charge in [0, 0.05) is 6.54 Å². The molecule has 0 amide bonds. The van der Waals surface area contributed by atoms with E-state index in [1.165, 1.54) is 87.6 Å². The number of aryl methyl sites for hydroxylation is 3. The van der Waals surface area contributed by atoms with Gasteiger partial charge in [0.25, 0.3) is 0 Å². The summed E-state index contributed by atoms with van der Waals surface area (Å²) in [7, 11) is 3.77. The Morgan fingerprint density at radius 2 is 1.32 bits per heavy atom. The molecule has 4 aromatic carbocycles. The quantitative estimate of drug-likeness (QED) is 0.101. The minimum atomic E-state index is 1.01. The first kappa shape index (κ1) is 27.4. The molecule has 0 aliphatic carbocycles. The maximum atomic E-state index is 5.10. The minimum absolute atomic E-state index is 1.01. The van der Waals surface area contributed by atoms with Gasteiger partial charge in [0.05, 0.1) is 19.3 Å². The van der Waals surface area contributed by atoms with Crippen molar-refractivity contribution in [3.8, 4) is 22.3 Å². The lowest BCUT2D eigenvalue weighted by atomic mass is 9.92. The second-order valence-electron chi connectivity index (χ2n) is 9.97. The largest absolute Gasteiger partial charge is 0.304 e. The van der Waals surface area contributed by atoms with E-state index in [0.29, 0.717) is 0 Å². The maximum absolute atomic E-state index is 5.10. The fraction of sp³-hybridized carbons (Fsp3) is 0.353. The van der Waals surface area contributed by atoms with E-state index in [4.69, 9.17) is 4.18 Å². The van der Waals surface area contributed by atoms with Crippen LogP contribution in [0.2, 0.25) is 0 Å². The zero-order chi connectivity index (χ0) is 26.0. The first-order chi connectivity index (χ1) is 18.1. The van der Waals surface area contributed by atoms with Gasteiger partial charge in [0.15, 0.2) is 0 Å². The number of benzene rings is 4. The van der Waals surface area contributed by atoms with Gasteiger partial charge >= 0.3 is 0 Å². The SMILES string of the molecule is CCCCCc1ccc(-c2ccc3cc(-c4ccc(CCCN(C)SOC)cc4)ccc3c2)c(CC)c1. The van der Waals surface area contributed by atoms with Crippen LogP contribution in [0.3, 0.4) is 0 Å². The number of rotatable bonds is 13. The summed E-state index contributed by atoms with van der Waals surface area (Å²) in [6.07, 6.45) is 8.31. The molecule has 0 heterocycles. The molecule has 37 heavy (non-hydrogen) atoms. The van der Waals surface area contributed by atoms with Crippen molar-refractivity contribution in [2.24, 2.45) is 0 Å². The standard InChI is InChI=1S/C34H41NOS/c1-5-7-8-10-27-14-21-34(28(6-2)23-27)33-20-19-31-24-30(17-18-32(31)25-33)29-15-12-26(13-16-29)11-9-22-35(3)37-36-4/h12-21,23-25H,5-11,22H2,1-4H3. The van der Waals surface area contributed by atoms with Crippen molar-refractivity contribution in [2.45, 2.75) is 58.8 Å². The van der Waals surface area contributed by atoms with E-state index >= 15 is 0 Å². The first-order valence-electron chi connectivity index (χ1n) is 13.8. The lowest BCUT2D eigenvalue weighted by Crippen LogP contribution is -2.11. The van der Waals surface area contributed by atoms with Gasteiger partial charge in [-0.25, -0.2) is 4.31 Å². The van der Waals surface area contributed by atoms with Crippen LogP contribution in [0.1, 0.15) is 56.2 Å². The predicted molar refractivity (Wildman–Crippen MR) is 163 cm³/mol. The van der Waals surface area contributed by atoms with Gasteiger partial charge in [-0.1, -0.05) is 93.4 Å². The molecule has 0 spiro atoms. The predicted octanol–water partition coefficient (Wildman–Crippen LogP) is 9.54. The first-order valence-corrected chi connectivity index (χ1v) is 14.5. The Balaban J connectivity index is 1.47. The van der Waals surface area contributed by atoms with E-state index in [0.717, 1.165) is 25.8 Å². The molecule has 0 aromatic heterocycles. The summed E-state index contributed by atoms with van der Waals surface area (Å²) >= 11 is 1.41. The number of fused-ring (bicyclic) bond motifs is 1. The van der Waals surface area contributed by atoms with E-state index in [9.17, 15) is 0 Å². The molecule has 0 radical (unpaired) electrons. The van der Waals surface area contributed by atoms with Crippen LogP contribution in [-0.2, 0) is 23.4 Å². The molecule has 0 fully saturated rings. The highest BCUT2D eigenvalue weighted by atomic mass is 32.2. The number of unbranched alkanes of at least 4 members (excludes halogenated alkanes) is 2. The third-order valence-electron chi connectivity index (χ3n) is 7.20. The smallest absolute Gasteiger partial charge is 0.0813 e. The fourth-order valence-electron chi connectivity index (χ4n) is 5.08. The van der Waals surface area contributed by atoms with Crippen LogP contribution in [0.5, 0.6) is 0 Å². The Kier molecular flexibility index (Phi) is 10.2. The molecule has 3 heteroatoms. The van der Waals surface area contributed by atoms with E-state index in [2.05, 4.69) is 104 Å². The minimum Gasteiger partial charge on any atom is -0.304 e. The Labute approximate surface area is 228 Å². The summed E-state index contributed by atoms with van der Waals surface area (Å²) in [6, 6.07) is 29.9. The third-order valence-corrected chi connectivity index (χ3v) is 7.78. The van der Waals surface area contributed by atoms with Crippen LogP contribution >= 0.6 is 12.2 Å². The molecule has 0 unspecified atom stereocenters. The third kappa shape index (κ3) is 7.47. The van der Waals surface area contributed by atoms with Crippen molar-refractivity contribution in [1.82, 2.24) is 4.31 Å². The molecule has 0 atom stereocenters. The topological polar surface area (TPSA) is 12.5 Å². The van der Waals surface area contributed by atoms with E-state index in [-0.39, 0.29) is 0 Å². The summed E-state index contributed by atoms with van der Waals surface area (Å²) in [5.74, 6) is 0. The monoisotopic (exact) mass is 511 g/mol. The van der Waals surface area contributed by atoms with Crippen LogP contribution in [0, 0.1) is 0 Å². The van der Waals surface area contributed by atoms with Crippen LogP contribution in [0.25, 0.3) is 33.0 Å². The molecule has 0 saturated heterocycles. The van der Waals surface area contributed by atoms with E-state index in [1.54, 1.807) is 7.11 Å². The molecule has 4 rings (SSSR count). The highest BCUT2D eigenvalue weighted by molar-refractivity contribution is 7.92. The van der Waals surface area contributed by atoms with Crippen molar-refractivity contribution in [3.05, 3.63) is 95.6 Å². The Morgan fingerprint density at radius 3 is 2.03 bits per heavy atom. The lowest BCUT2D eigenvalue weighted by molar-refractivity contribution is 0.431. The van der Waals surface area contributed by atoms with Crippen LogP contribution in [-0.4, -0.2) is 25.0 Å². The highest BCUT2D eigenvalue weighted by Gasteiger charge is 2.08. The van der Waals surface area contributed by atoms with Crippen LogP contribution < -0.4 is 0 Å². The van der Waals surface area contributed by atoms with Gasteiger partial charge in [0.1, 0.15) is 0 Å². The van der Waals surface area contributed by atoms with Gasteiger partial charge in [-0.15, -0.1) is 0 Å². The number of hydrogen-bond donors (Lipinski definition) is 0. The summed E-state index contributed by atoms with van der Waals surface area (Å²) in [4.78, 5) is 0. The molecule has 0 bridgehead atoms. The van der Waals surface area contributed by atoms with E-state index < -0.39 is 0 Å². The van der Waals surface area contributed by atoms with Gasteiger partial charge < -0.3 is 4.18 Å². The Morgan fingerprint density at radius 1 is 0.676 bits per heavy atom. The van der Waals surface area contributed by atoms with Gasteiger partial charge in [0.2, 0.25) is 0 Å². The molecule has 0 aliphatic heterocycles. The fourth-order valence-corrected chi connectivity index (χ4v) is 5.54. The summed E-state index contributed by atoms with van der Waals surface area (Å²) in [5, 5.41) is 2.59. The maximum Gasteiger partial charge on any atom is 0.0813 e. The second kappa shape index (κ2) is 13.8. The average Bonchev–Trinajstić information content (AvgIpc) is 2.93. The Bertz CT molecular complexity index is 1280.